The van der Waals surface area contributed by atoms with Gasteiger partial charge in [-0.25, -0.2) is 9.18 Å². The average molecular weight is 362 g/mol. The summed E-state index contributed by atoms with van der Waals surface area (Å²) in [5, 5.41) is 19.7. The summed E-state index contributed by atoms with van der Waals surface area (Å²) in [4.78, 5) is 33.3. The van der Waals surface area contributed by atoms with E-state index >= 15 is 0 Å². The van der Waals surface area contributed by atoms with E-state index in [4.69, 9.17) is 10.2 Å². The highest BCUT2D eigenvalue weighted by Gasteiger charge is 2.21. The number of benzene rings is 1. The van der Waals surface area contributed by atoms with E-state index in [1.54, 1.807) is 0 Å². The topological polar surface area (TPSA) is 104 Å². The van der Waals surface area contributed by atoms with Gasteiger partial charge in [0.05, 0.1) is 0 Å². The molecule has 0 heterocycles. The summed E-state index contributed by atoms with van der Waals surface area (Å²) in [7, 11) is 0. The van der Waals surface area contributed by atoms with Crippen molar-refractivity contribution < 1.29 is 29.0 Å². The SMILES string of the molecule is O=C(O)CCC[C@@H](NC(=O)c1cc(F)cc(Br)c1)C(=O)O. The number of carboxylic acids is 2. The molecule has 0 aliphatic rings. The van der Waals surface area contributed by atoms with E-state index in [0.717, 1.165) is 12.1 Å². The molecule has 0 aromatic heterocycles. The van der Waals surface area contributed by atoms with Crippen LogP contribution in [0.25, 0.3) is 0 Å². The first kappa shape index (κ1) is 17.1. The van der Waals surface area contributed by atoms with Crippen molar-refractivity contribution in [2.45, 2.75) is 25.3 Å². The molecule has 1 aromatic carbocycles. The molecule has 0 bridgehead atoms. The zero-order chi connectivity index (χ0) is 16.0. The fourth-order valence-electron chi connectivity index (χ4n) is 1.64. The van der Waals surface area contributed by atoms with Gasteiger partial charge < -0.3 is 15.5 Å². The Kier molecular flexibility index (Phi) is 6.29. The molecule has 0 unspecified atom stereocenters. The van der Waals surface area contributed by atoms with Crippen LogP contribution in [0.1, 0.15) is 29.6 Å². The summed E-state index contributed by atoms with van der Waals surface area (Å²) in [6.45, 7) is 0. The van der Waals surface area contributed by atoms with Gasteiger partial charge in [-0.2, -0.15) is 0 Å². The van der Waals surface area contributed by atoms with Gasteiger partial charge >= 0.3 is 11.9 Å². The molecule has 114 valence electrons. The van der Waals surface area contributed by atoms with E-state index in [0.29, 0.717) is 4.47 Å². The smallest absolute Gasteiger partial charge is 0.326 e. The number of carbonyl (C=O) groups is 3. The predicted octanol–water partition coefficient (Wildman–Crippen LogP) is 2.03. The second-order valence-corrected chi connectivity index (χ2v) is 5.22. The maximum absolute atomic E-state index is 13.2. The van der Waals surface area contributed by atoms with Gasteiger partial charge in [0, 0.05) is 16.5 Å². The molecule has 0 saturated carbocycles. The molecule has 0 spiro atoms. The second kappa shape index (κ2) is 7.72. The number of amides is 1. The van der Waals surface area contributed by atoms with E-state index in [1.807, 2.05) is 0 Å². The highest BCUT2D eigenvalue weighted by molar-refractivity contribution is 9.10. The molecule has 0 fully saturated rings. The van der Waals surface area contributed by atoms with Gasteiger partial charge in [0.2, 0.25) is 0 Å². The minimum atomic E-state index is -1.27. The van der Waals surface area contributed by atoms with Gasteiger partial charge in [-0.15, -0.1) is 0 Å². The Hall–Kier alpha value is -1.96. The van der Waals surface area contributed by atoms with Gasteiger partial charge in [-0.3, -0.25) is 9.59 Å². The van der Waals surface area contributed by atoms with Gasteiger partial charge in [0.25, 0.3) is 5.91 Å². The van der Waals surface area contributed by atoms with Crippen LogP contribution in [0.2, 0.25) is 0 Å². The molecular formula is C13H13BrFNO5. The summed E-state index contributed by atoms with van der Waals surface area (Å²) >= 11 is 3.03. The number of nitrogens with one attached hydrogen (secondary N) is 1. The number of hydrogen-bond acceptors (Lipinski definition) is 3. The maximum Gasteiger partial charge on any atom is 0.326 e. The number of halogens is 2. The Morgan fingerprint density at radius 1 is 1.24 bits per heavy atom. The van der Waals surface area contributed by atoms with Crippen molar-refractivity contribution in [2.75, 3.05) is 0 Å². The molecule has 3 N–H and O–H groups in total. The van der Waals surface area contributed by atoms with Crippen molar-refractivity contribution in [1.29, 1.82) is 0 Å². The largest absolute Gasteiger partial charge is 0.481 e. The minimum absolute atomic E-state index is 0.0219. The van der Waals surface area contributed by atoms with Crippen LogP contribution < -0.4 is 5.32 Å². The fourth-order valence-corrected chi connectivity index (χ4v) is 2.11. The molecule has 0 radical (unpaired) electrons. The predicted molar refractivity (Wildman–Crippen MR) is 74.5 cm³/mol. The molecular weight excluding hydrogens is 349 g/mol. The maximum atomic E-state index is 13.2. The molecule has 1 aromatic rings. The minimum Gasteiger partial charge on any atom is -0.481 e. The first-order chi connectivity index (χ1) is 9.79. The van der Waals surface area contributed by atoms with Crippen LogP contribution in [-0.2, 0) is 9.59 Å². The number of carbonyl (C=O) groups excluding carboxylic acids is 1. The lowest BCUT2D eigenvalue weighted by molar-refractivity contribution is -0.140. The first-order valence-electron chi connectivity index (χ1n) is 6.01. The normalized spacial score (nSPS) is 11.7. The summed E-state index contributed by atoms with van der Waals surface area (Å²) in [6, 6.07) is 2.28. The van der Waals surface area contributed by atoms with Crippen LogP contribution in [0, 0.1) is 5.82 Å². The Balaban J connectivity index is 2.71. The summed E-state index contributed by atoms with van der Waals surface area (Å²) in [5.74, 6) is -3.69. The average Bonchev–Trinajstić information content (AvgIpc) is 2.35. The van der Waals surface area contributed by atoms with Gasteiger partial charge in [-0.05, 0) is 31.0 Å². The molecule has 0 aliphatic heterocycles. The molecule has 0 aliphatic carbocycles. The van der Waals surface area contributed by atoms with E-state index < -0.39 is 29.7 Å². The molecule has 21 heavy (non-hydrogen) atoms. The van der Waals surface area contributed by atoms with Crippen LogP contribution in [0.15, 0.2) is 22.7 Å². The van der Waals surface area contributed by atoms with Crippen LogP contribution in [0.5, 0.6) is 0 Å². The van der Waals surface area contributed by atoms with E-state index in [9.17, 15) is 18.8 Å². The number of aliphatic carboxylic acids is 2. The monoisotopic (exact) mass is 361 g/mol. The zero-order valence-corrected chi connectivity index (χ0v) is 12.4. The second-order valence-electron chi connectivity index (χ2n) is 4.31. The lowest BCUT2D eigenvalue weighted by atomic mass is 10.1. The molecule has 6 nitrogen and oxygen atoms in total. The Morgan fingerprint density at radius 2 is 1.90 bits per heavy atom. The molecule has 0 saturated heterocycles. The van der Waals surface area contributed by atoms with Crippen LogP contribution >= 0.6 is 15.9 Å². The lowest BCUT2D eigenvalue weighted by Crippen LogP contribution is -2.40. The summed E-state index contributed by atoms with van der Waals surface area (Å²) in [6.07, 6.45) is -0.103. The Bertz CT molecular complexity index is 543. The third-order valence-corrected chi connectivity index (χ3v) is 3.07. The van der Waals surface area contributed by atoms with E-state index in [2.05, 4.69) is 21.2 Å². The van der Waals surface area contributed by atoms with Crippen LogP contribution in [0.4, 0.5) is 4.39 Å². The van der Waals surface area contributed by atoms with Gasteiger partial charge in [0.1, 0.15) is 11.9 Å². The van der Waals surface area contributed by atoms with E-state index in [1.165, 1.54) is 6.07 Å². The van der Waals surface area contributed by atoms with Gasteiger partial charge in [-0.1, -0.05) is 15.9 Å². The molecule has 8 heteroatoms. The van der Waals surface area contributed by atoms with Crippen molar-refractivity contribution in [2.24, 2.45) is 0 Å². The van der Waals surface area contributed by atoms with Crippen molar-refractivity contribution in [3.8, 4) is 0 Å². The van der Waals surface area contributed by atoms with Gasteiger partial charge in [0.15, 0.2) is 0 Å². The number of hydrogen-bond donors (Lipinski definition) is 3. The summed E-state index contributed by atoms with van der Waals surface area (Å²) in [5.41, 5.74) is -0.0219. The van der Waals surface area contributed by atoms with E-state index in [-0.39, 0.29) is 24.8 Å². The summed E-state index contributed by atoms with van der Waals surface area (Å²) < 4.78 is 13.5. The highest BCUT2D eigenvalue weighted by Crippen LogP contribution is 2.15. The molecule has 1 atom stereocenters. The third kappa shape index (κ3) is 5.90. The molecule has 1 amide bonds. The number of rotatable bonds is 7. The molecule has 1 rings (SSSR count). The Morgan fingerprint density at radius 3 is 2.43 bits per heavy atom. The quantitative estimate of drug-likeness (QED) is 0.689. The van der Waals surface area contributed by atoms with Crippen molar-refractivity contribution in [1.82, 2.24) is 5.32 Å². The van der Waals surface area contributed by atoms with Crippen molar-refractivity contribution in [3.63, 3.8) is 0 Å². The van der Waals surface area contributed by atoms with Crippen LogP contribution in [-0.4, -0.2) is 34.1 Å². The number of carboxylic acid groups (broad SMARTS) is 2. The highest BCUT2D eigenvalue weighted by atomic mass is 79.9. The Labute approximate surface area is 128 Å². The lowest BCUT2D eigenvalue weighted by Gasteiger charge is -2.14. The third-order valence-electron chi connectivity index (χ3n) is 2.61. The first-order valence-corrected chi connectivity index (χ1v) is 6.80. The zero-order valence-electron chi connectivity index (χ0n) is 10.8. The van der Waals surface area contributed by atoms with Crippen molar-refractivity contribution >= 4 is 33.8 Å². The van der Waals surface area contributed by atoms with Crippen molar-refractivity contribution in [3.05, 3.63) is 34.1 Å². The fraction of sp³-hybridized carbons (Fsp3) is 0.308. The van der Waals surface area contributed by atoms with Crippen LogP contribution in [0.3, 0.4) is 0 Å². The standard InChI is InChI=1S/C13H13BrFNO5/c14-8-4-7(5-9(15)6-8)12(19)16-10(13(20)21)2-1-3-11(17)18/h4-6,10H,1-3H2,(H,16,19)(H,17,18)(H,20,21)/t10-/m1/s1.